The standard InChI is InChI=1S/C14H20ClNS/c1-10(11-6-3-4-7-12(11)15)16-13-8-5-9-14(13)17-2/h3-4,6-7,10,13-14,16H,5,8-9H2,1-2H3. The molecule has 1 N–H and O–H groups in total. The minimum Gasteiger partial charge on any atom is -0.306 e. The average Bonchev–Trinajstić information content (AvgIpc) is 2.76. The molecule has 3 unspecified atom stereocenters. The summed E-state index contributed by atoms with van der Waals surface area (Å²) in [6.45, 7) is 2.21. The van der Waals surface area contributed by atoms with Crippen LogP contribution in [0.4, 0.5) is 0 Å². The van der Waals surface area contributed by atoms with Gasteiger partial charge in [0.05, 0.1) is 0 Å². The van der Waals surface area contributed by atoms with E-state index in [1.54, 1.807) is 0 Å². The third-order valence-corrected chi connectivity index (χ3v) is 5.11. The molecule has 0 bridgehead atoms. The van der Waals surface area contributed by atoms with Gasteiger partial charge in [-0.2, -0.15) is 11.8 Å². The van der Waals surface area contributed by atoms with Gasteiger partial charge in [-0.15, -0.1) is 0 Å². The molecule has 0 aliphatic heterocycles. The second kappa shape index (κ2) is 6.12. The van der Waals surface area contributed by atoms with Crippen molar-refractivity contribution in [1.82, 2.24) is 5.32 Å². The van der Waals surface area contributed by atoms with Crippen LogP contribution in [-0.2, 0) is 0 Å². The van der Waals surface area contributed by atoms with E-state index in [2.05, 4.69) is 30.6 Å². The zero-order chi connectivity index (χ0) is 12.3. The second-order valence-electron chi connectivity index (χ2n) is 4.72. The molecule has 3 heteroatoms. The van der Waals surface area contributed by atoms with Crippen LogP contribution >= 0.6 is 23.4 Å². The zero-order valence-electron chi connectivity index (χ0n) is 10.4. The molecule has 0 saturated heterocycles. The molecule has 3 atom stereocenters. The lowest BCUT2D eigenvalue weighted by molar-refractivity contribution is 0.467. The van der Waals surface area contributed by atoms with E-state index in [4.69, 9.17) is 11.6 Å². The van der Waals surface area contributed by atoms with Crippen LogP contribution in [0.15, 0.2) is 24.3 Å². The molecule has 1 aliphatic carbocycles. The minimum absolute atomic E-state index is 0.335. The second-order valence-corrected chi connectivity index (χ2v) is 6.21. The van der Waals surface area contributed by atoms with Crippen molar-refractivity contribution in [1.29, 1.82) is 0 Å². The van der Waals surface area contributed by atoms with Crippen molar-refractivity contribution in [3.8, 4) is 0 Å². The van der Waals surface area contributed by atoms with E-state index in [0.29, 0.717) is 12.1 Å². The normalized spacial score (nSPS) is 26.1. The van der Waals surface area contributed by atoms with Gasteiger partial charge in [0, 0.05) is 22.4 Å². The van der Waals surface area contributed by atoms with Crippen molar-refractivity contribution >= 4 is 23.4 Å². The fourth-order valence-corrected chi connectivity index (χ4v) is 3.88. The first kappa shape index (κ1) is 13.3. The first-order valence-electron chi connectivity index (χ1n) is 6.25. The largest absolute Gasteiger partial charge is 0.306 e. The number of rotatable bonds is 4. The lowest BCUT2D eigenvalue weighted by Gasteiger charge is -2.24. The van der Waals surface area contributed by atoms with E-state index < -0.39 is 0 Å². The molecular weight excluding hydrogens is 250 g/mol. The molecule has 1 saturated carbocycles. The van der Waals surface area contributed by atoms with Gasteiger partial charge in [0.15, 0.2) is 0 Å². The van der Waals surface area contributed by atoms with Crippen LogP contribution in [0.5, 0.6) is 0 Å². The Morgan fingerprint density at radius 3 is 2.82 bits per heavy atom. The molecule has 1 aliphatic rings. The Morgan fingerprint density at radius 1 is 1.35 bits per heavy atom. The van der Waals surface area contributed by atoms with Gasteiger partial charge in [0.2, 0.25) is 0 Å². The Hall–Kier alpha value is -0.180. The predicted molar refractivity (Wildman–Crippen MR) is 77.9 cm³/mol. The maximum absolute atomic E-state index is 6.23. The summed E-state index contributed by atoms with van der Waals surface area (Å²) in [5.74, 6) is 0. The van der Waals surface area contributed by atoms with Gasteiger partial charge >= 0.3 is 0 Å². The molecule has 1 aromatic carbocycles. The monoisotopic (exact) mass is 269 g/mol. The van der Waals surface area contributed by atoms with Crippen LogP contribution in [0.3, 0.4) is 0 Å². The van der Waals surface area contributed by atoms with Crippen LogP contribution in [0.25, 0.3) is 0 Å². The molecule has 0 amide bonds. The molecule has 0 heterocycles. The van der Waals surface area contributed by atoms with Gasteiger partial charge in [0.25, 0.3) is 0 Å². The third kappa shape index (κ3) is 3.18. The number of hydrogen-bond donors (Lipinski definition) is 1. The van der Waals surface area contributed by atoms with Crippen molar-refractivity contribution in [2.24, 2.45) is 0 Å². The maximum Gasteiger partial charge on any atom is 0.0453 e. The van der Waals surface area contributed by atoms with E-state index >= 15 is 0 Å². The number of nitrogens with one attached hydrogen (secondary N) is 1. The lowest BCUT2D eigenvalue weighted by Crippen LogP contribution is -2.35. The van der Waals surface area contributed by atoms with Crippen molar-refractivity contribution in [3.05, 3.63) is 34.9 Å². The smallest absolute Gasteiger partial charge is 0.0453 e. The van der Waals surface area contributed by atoms with E-state index in [9.17, 15) is 0 Å². The Bertz CT molecular complexity index is 369. The molecule has 1 nitrogen and oxygen atoms in total. The summed E-state index contributed by atoms with van der Waals surface area (Å²) in [7, 11) is 0. The fraction of sp³-hybridized carbons (Fsp3) is 0.571. The summed E-state index contributed by atoms with van der Waals surface area (Å²) in [4.78, 5) is 0. The van der Waals surface area contributed by atoms with Gasteiger partial charge < -0.3 is 5.32 Å². The Labute approximate surface area is 113 Å². The molecule has 0 aromatic heterocycles. The highest BCUT2D eigenvalue weighted by Crippen LogP contribution is 2.31. The first-order chi connectivity index (χ1) is 8.22. The number of hydrogen-bond acceptors (Lipinski definition) is 2. The number of halogens is 1. The van der Waals surface area contributed by atoms with Crippen molar-refractivity contribution in [2.45, 2.75) is 43.5 Å². The summed E-state index contributed by atoms with van der Waals surface area (Å²) < 4.78 is 0. The van der Waals surface area contributed by atoms with Crippen LogP contribution < -0.4 is 5.32 Å². The molecular formula is C14H20ClNS. The quantitative estimate of drug-likeness (QED) is 0.876. The number of benzene rings is 1. The molecule has 1 fully saturated rings. The van der Waals surface area contributed by atoms with E-state index in [1.165, 1.54) is 24.8 Å². The summed E-state index contributed by atoms with van der Waals surface area (Å²) in [6.07, 6.45) is 6.19. The van der Waals surface area contributed by atoms with Gasteiger partial charge in [-0.25, -0.2) is 0 Å². The highest BCUT2D eigenvalue weighted by molar-refractivity contribution is 7.99. The summed E-state index contributed by atoms with van der Waals surface area (Å²) in [5, 5.41) is 5.36. The average molecular weight is 270 g/mol. The first-order valence-corrected chi connectivity index (χ1v) is 7.92. The van der Waals surface area contributed by atoms with Crippen LogP contribution in [0.2, 0.25) is 5.02 Å². The molecule has 0 spiro atoms. The highest BCUT2D eigenvalue weighted by atomic mass is 35.5. The summed E-state index contributed by atoms with van der Waals surface area (Å²) in [5.41, 5.74) is 1.21. The van der Waals surface area contributed by atoms with Crippen LogP contribution in [0, 0.1) is 0 Å². The van der Waals surface area contributed by atoms with E-state index in [1.807, 2.05) is 23.9 Å². The number of thioether (sulfide) groups is 1. The lowest BCUT2D eigenvalue weighted by atomic mass is 10.1. The maximum atomic E-state index is 6.23. The molecule has 0 radical (unpaired) electrons. The van der Waals surface area contributed by atoms with E-state index in [-0.39, 0.29) is 0 Å². The van der Waals surface area contributed by atoms with Gasteiger partial charge in [-0.05, 0) is 37.7 Å². The molecule has 94 valence electrons. The molecule has 1 aromatic rings. The van der Waals surface area contributed by atoms with Crippen LogP contribution in [-0.4, -0.2) is 17.5 Å². The van der Waals surface area contributed by atoms with Crippen molar-refractivity contribution in [2.75, 3.05) is 6.26 Å². The fourth-order valence-electron chi connectivity index (χ4n) is 2.64. The Balaban J connectivity index is 2.01. The van der Waals surface area contributed by atoms with Gasteiger partial charge in [-0.3, -0.25) is 0 Å². The third-order valence-electron chi connectivity index (χ3n) is 3.59. The summed E-state index contributed by atoms with van der Waals surface area (Å²) >= 11 is 8.22. The molecule has 2 rings (SSSR count). The van der Waals surface area contributed by atoms with Crippen molar-refractivity contribution in [3.63, 3.8) is 0 Å². The SMILES string of the molecule is CSC1CCCC1NC(C)c1ccccc1Cl. The zero-order valence-corrected chi connectivity index (χ0v) is 12.0. The van der Waals surface area contributed by atoms with Crippen molar-refractivity contribution < 1.29 is 0 Å². The van der Waals surface area contributed by atoms with Crippen LogP contribution in [0.1, 0.15) is 37.8 Å². The topological polar surface area (TPSA) is 12.0 Å². The van der Waals surface area contributed by atoms with E-state index in [0.717, 1.165) is 10.3 Å². The highest BCUT2D eigenvalue weighted by Gasteiger charge is 2.27. The Morgan fingerprint density at radius 2 is 2.12 bits per heavy atom. The minimum atomic E-state index is 0.335. The van der Waals surface area contributed by atoms with Gasteiger partial charge in [-0.1, -0.05) is 36.2 Å². The van der Waals surface area contributed by atoms with Gasteiger partial charge in [0.1, 0.15) is 0 Å². The Kier molecular flexibility index (Phi) is 4.78. The predicted octanol–water partition coefficient (Wildman–Crippen LogP) is 4.27. The molecule has 17 heavy (non-hydrogen) atoms. The summed E-state index contributed by atoms with van der Waals surface area (Å²) in [6, 6.07) is 9.09.